The van der Waals surface area contributed by atoms with Crippen LogP contribution in [0.1, 0.15) is 49.4 Å². The maximum Gasteiger partial charge on any atom is 0.279 e. The standard InChI is InChI=1S/C16H27N3O2S2/c20-23(21,19-11-3-1-2-4-12-19)17-14-15(16-8-7-13-22-16)18-9-5-6-10-18/h7-8,13,15,17H,1-6,9-12,14H2. The summed E-state index contributed by atoms with van der Waals surface area (Å²) >= 11 is 1.72. The Morgan fingerprint density at radius 1 is 1.04 bits per heavy atom. The van der Waals surface area contributed by atoms with Crippen molar-refractivity contribution in [1.82, 2.24) is 13.9 Å². The lowest BCUT2D eigenvalue weighted by Crippen LogP contribution is -2.44. The van der Waals surface area contributed by atoms with Gasteiger partial charge in [0.15, 0.2) is 0 Å². The number of hydrogen-bond acceptors (Lipinski definition) is 4. The van der Waals surface area contributed by atoms with Gasteiger partial charge < -0.3 is 0 Å². The van der Waals surface area contributed by atoms with E-state index in [-0.39, 0.29) is 6.04 Å². The highest BCUT2D eigenvalue weighted by molar-refractivity contribution is 7.87. The third-order valence-electron chi connectivity index (χ3n) is 4.82. The van der Waals surface area contributed by atoms with Crippen molar-refractivity contribution in [1.29, 1.82) is 0 Å². The lowest BCUT2D eigenvalue weighted by molar-refractivity contribution is 0.248. The molecule has 130 valence electrons. The molecule has 1 unspecified atom stereocenters. The Labute approximate surface area is 143 Å². The van der Waals surface area contributed by atoms with Crippen LogP contribution < -0.4 is 4.72 Å². The molecule has 1 N–H and O–H groups in total. The van der Waals surface area contributed by atoms with E-state index in [4.69, 9.17) is 0 Å². The predicted octanol–water partition coefficient (Wildman–Crippen LogP) is 2.60. The molecule has 0 aliphatic carbocycles. The van der Waals surface area contributed by atoms with Crippen molar-refractivity contribution < 1.29 is 8.42 Å². The normalized spacial score (nSPS) is 23.0. The van der Waals surface area contributed by atoms with Gasteiger partial charge >= 0.3 is 0 Å². The fourth-order valence-electron chi connectivity index (χ4n) is 3.50. The van der Waals surface area contributed by atoms with Crippen molar-refractivity contribution >= 4 is 21.5 Å². The molecule has 7 heteroatoms. The van der Waals surface area contributed by atoms with Crippen LogP contribution in [0.3, 0.4) is 0 Å². The van der Waals surface area contributed by atoms with Crippen LogP contribution in [0.2, 0.25) is 0 Å². The van der Waals surface area contributed by atoms with Crippen molar-refractivity contribution in [2.45, 2.75) is 44.6 Å². The number of rotatable bonds is 6. The molecule has 0 spiro atoms. The Morgan fingerprint density at radius 3 is 2.30 bits per heavy atom. The Kier molecular flexibility index (Phi) is 6.09. The minimum atomic E-state index is -3.36. The minimum Gasteiger partial charge on any atom is -0.294 e. The zero-order valence-corrected chi connectivity index (χ0v) is 15.2. The highest BCUT2D eigenvalue weighted by Crippen LogP contribution is 2.28. The molecule has 23 heavy (non-hydrogen) atoms. The lowest BCUT2D eigenvalue weighted by atomic mass is 10.2. The molecule has 2 fully saturated rings. The van der Waals surface area contributed by atoms with Gasteiger partial charge in [-0.05, 0) is 50.2 Å². The van der Waals surface area contributed by atoms with Crippen LogP contribution >= 0.6 is 11.3 Å². The third-order valence-corrected chi connectivity index (χ3v) is 7.37. The summed E-state index contributed by atoms with van der Waals surface area (Å²) in [5.74, 6) is 0. The molecule has 0 saturated carbocycles. The van der Waals surface area contributed by atoms with Crippen molar-refractivity contribution in [2.24, 2.45) is 0 Å². The van der Waals surface area contributed by atoms with Crippen LogP contribution in [-0.4, -0.2) is 50.3 Å². The molecule has 2 aliphatic heterocycles. The van der Waals surface area contributed by atoms with Crippen LogP contribution in [0.25, 0.3) is 0 Å². The monoisotopic (exact) mass is 357 g/mol. The topological polar surface area (TPSA) is 52.7 Å². The van der Waals surface area contributed by atoms with E-state index in [0.29, 0.717) is 19.6 Å². The minimum absolute atomic E-state index is 0.166. The van der Waals surface area contributed by atoms with E-state index in [2.05, 4.69) is 21.1 Å². The van der Waals surface area contributed by atoms with Crippen LogP contribution in [0.5, 0.6) is 0 Å². The SMILES string of the molecule is O=S(=O)(NCC(c1cccs1)N1CCCC1)N1CCCCCC1. The van der Waals surface area contributed by atoms with Gasteiger partial charge in [0.25, 0.3) is 10.2 Å². The van der Waals surface area contributed by atoms with Crippen LogP contribution in [0, 0.1) is 0 Å². The molecule has 2 saturated heterocycles. The fraction of sp³-hybridized carbons (Fsp3) is 0.750. The highest BCUT2D eigenvalue weighted by Gasteiger charge is 2.28. The van der Waals surface area contributed by atoms with E-state index in [9.17, 15) is 8.42 Å². The summed E-state index contributed by atoms with van der Waals surface area (Å²) in [6.07, 6.45) is 6.64. The van der Waals surface area contributed by atoms with Crippen LogP contribution in [-0.2, 0) is 10.2 Å². The van der Waals surface area contributed by atoms with Crippen LogP contribution in [0.15, 0.2) is 17.5 Å². The smallest absolute Gasteiger partial charge is 0.279 e. The van der Waals surface area contributed by atoms with Gasteiger partial charge in [-0.1, -0.05) is 18.9 Å². The van der Waals surface area contributed by atoms with E-state index in [1.165, 1.54) is 17.7 Å². The average molecular weight is 358 g/mol. The van der Waals surface area contributed by atoms with Gasteiger partial charge in [-0.25, -0.2) is 4.72 Å². The molecule has 1 atom stereocenters. The number of thiophene rings is 1. The molecule has 3 heterocycles. The van der Waals surface area contributed by atoms with Gasteiger partial charge in [-0.3, -0.25) is 4.90 Å². The first-order valence-corrected chi connectivity index (χ1v) is 11.0. The molecular weight excluding hydrogens is 330 g/mol. The molecule has 3 rings (SSSR count). The maximum absolute atomic E-state index is 12.6. The fourth-order valence-corrected chi connectivity index (χ4v) is 5.65. The molecule has 5 nitrogen and oxygen atoms in total. The van der Waals surface area contributed by atoms with E-state index in [1.54, 1.807) is 15.6 Å². The summed E-state index contributed by atoms with van der Waals surface area (Å²) < 4.78 is 29.8. The number of nitrogens with one attached hydrogen (secondary N) is 1. The van der Waals surface area contributed by atoms with E-state index in [1.807, 2.05) is 6.07 Å². The van der Waals surface area contributed by atoms with Crippen molar-refractivity contribution in [3.8, 4) is 0 Å². The number of hydrogen-bond donors (Lipinski definition) is 1. The number of likely N-dealkylation sites (tertiary alicyclic amines) is 1. The van der Waals surface area contributed by atoms with Gasteiger partial charge in [0.2, 0.25) is 0 Å². The molecular formula is C16H27N3O2S2. The van der Waals surface area contributed by atoms with Crippen LogP contribution in [0.4, 0.5) is 0 Å². The summed E-state index contributed by atoms with van der Waals surface area (Å²) in [5, 5.41) is 2.07. The quantitative estimate of drug-likeness (QED) is 0.851. The zero-order valence-electron chi connectivity index (χ0n) is 13.6. The maximum atomic E-state index is 12.6. The second kappa shape index (κ2) is 8.07. The Bertz CT molecular complexity index is 560. The predicted molar refractivity (Wildman–Crippen MR) is 94.8 cm³/mol. The second-order valence-electron chi connectivity index (χ2n) is 6.44. The van der Waals surface area contributed by atoms with Gasteiger partial charge in [0, 0.05) is 24.5 Å². The molecule has 1 aromatic rings. The van der Waals surface area contributed by atoms with Gasteiger partial charge in [-0.15, -0.1) is 11.3 Å². The van der Waals surface area contributed by atoms with E-state index in [0.717, 1.165) is 38.8 Å². The second-order valence-corrected chi connectivity index (χ2v) is 9.18. The summed E-state index contributed by atoms with van der Waals surface area (Å²) in [6.45, 7) is 3.91. The zero-order chi connectivity index (χ0) is 16.1. The van der Waals surface area contributed by atoms with E-state index < -0.39 is 10.2 Å². The molecule has 1 aromatic heterocycles. The Balaban J connectivity index is 1.65. The summed E-state index contributed by atoms with van der Waals surface area (Å²) in [6, 6.07) is 4.33. The van der Waals surface area contributed by atoms with Gasteiger partial charge in [-0.2, -0.15) is 12.7 Å². The lowest BCUT2D eigenvalue weighted by Gasteiger charge is -2.28. The summed E-state index contributed by atoms with van der Waals surface area (Å²) in [5.41, 5.74) is 0. The average Bonchev–Trinajstić information content (AvgIpc) is 3.17. The van der Waals surface area contributed by atoms with Crippen molar-refractivity contribution in [3.05, 3.63) is 22.4 Å². The molecule has 0 aromatic carbocycles. The number of nitrogens with zero attached hydrogens (tertiary/aromatic N) is 2. The van der Waals surface area contributed by atoms with Gasteiger partial charge in [0.1, 0.15) is 0 Å². The Hall–Kier alpha value is -0.470. The first-order valence-electron chi connectivity index (χ1n) is 8.69. The largest absolute Gasteiger partial charge is 0.294 e. The third kappa shape index (κ3) is 4.54. The van der Waals surface area contributed by atoms with Gasteiger partial charge in [0.05, 0.1) is 6.04 Å². The van der Waals surface area contributed by atoms with E-state index >= 15 is 0 Å². The molecule has 2 aliphatic rings. The highest BCUT2D eigenvalue weighted by atomic mass is 32.2. The first kappa shape index (κ1) is 17.4. The summed E-state index contributed by atoms with van der Waals surface area (Å²) in [7, 11) is -3.36. The molecule has 0 amide bonds. The molecule has 0 radical (unpaired) electrons. The summed E-state index contributed by atoms with van der Waals surface area (Å²) in [4.78, 5) is 3.67. The first-order chi connectivity index (χ1) is 11.2. The molecule has 0 bridgehead atoms. The van der Waals surface area contributed by atoms with Crippen molar-refractivity contribution in [3.63, 3.8) is 0 Å². The Morgan fingerprint density at radius 2 is 1.70 bits per heavy atom. The van der Waals surface area contributed by atoms with Crippen molar-refractivity contribution in [2.75, 3.05) is 32.7 Å².